The maximum Gasteiger partial charge on any atom is 0.233 e. The van der Waals surface area contributed by atoms with E-state index >= 15 is 0 Å². The predicted molar refractivity (Wildman–Crippen MR) is 128 cm³/mol. The van der Waals surface area contributed by atoms with E-state index in [-0.39, 0.29) is 43.2 Å². The number of amides is 2. The lowest BCUT2D eigenvalue weighted by Crippen LogP contribution is -2.46. The van der Waals surface area contributed by atoms with Gasteiger partial charge >= 0.3 is 0 Å². The minimum Gasteiger partial charge on any atom is -0.353 e. The molecule has 3 aliphatic rings. The largest absolute Gasteiger partial charge is 0.353 e. The molecule has 1 aromatic carbocycles. The van der Waals surface area contributed by atoms with Crippen molar-refractivity contribution in [2.75, 3.05) is 26.2 Å². The number of hydrogen-bond acceptors (Lipinski definition) is 4. The van der Waals surface area contributed by atoms with Crippen LogP contribution in [0.5, 0.6) is 0 Å². The Morgan fingerprint density at radius 1 is 1.03 bits per heavy atom. The fraction of sp³-hybridized carbons (Fsp3) is 0.652. The predicted octanol–water partition coefficient (Wildman–Crippen LogP) is 2.51. The number of halogens is 2. The second kappa shape index (κ2) is 12.0. The van der Waals surface area contributed by atoms with E-state index in [1.54, 1.807) is 0 Å². The molecule has 0 unspecified atom stereocenters. The summed E-state index contributed by atoms with van der Waals surface area (Å²) >= 11 is 0. The first-order valence-corrected chi connectivity index (χ1v) is 11.2. The molecule has 2 aliphatic heterocycles. The van der Waals surface area contributed by atoms with Crippen LogP contribution in [-0.2, 0) is 22.6 Å². The monoisotopic (exact) mass is 470 g/mol. The average molecular weight is 471 g/mol. The van der Waals surface area contributed by atoms with Gasteiger partial charge in [-0.3, -0.25) is 14.5 Å². The maximum atomic E-state index is 13.2. The van der Waals surface area contributed by atoms with Crippen molar-refractivity contribution in [3.63, 3.8) is 0 Å². The van der Waals surface area contributed by atoms with Crippen molar-refractivity contribution >= 4 is 36.6 Å². The van der Waals surface area contributed by atoms with Gasteiger partial charge in [-0.05, 0) is 55.6 Å². The van der Waals surface area contributed by atoms with Crippen LogP contribution in [0.4, 0.5) is 0 Å². The van der Waals surface area contributed by atoms with Gasteiger partial charge in [0.25, 0.3) is 0 Å². The van der Waals surface area contributed by atoms with Crippen LogP contribution in [0.15, 0.2) is 24.3 Å². The molecule has 0 aromatic heterocycles. The number of fused-ring (bicyclic) bond motifs is 1. The summed E-state index contributed by atoms with van der Waals surface area (Å²) in [5.74, 6) is 0.946. The van der Waals surface area contributed by atoms with E-state index in [0.717, 1.165) is 51.2 Å². The Kier molecular flexibility index (Phi) is 10.1. The smallest absolute Gasteiger partial charge is 0.233 e. The lowest BCUT2D eigenvalue weighted by atomic mass is 10.0. The number of nitrogens with zero attached hydrogens (tertiary/aromatic N) is 2. The number of likely N-dealkylation sites (tertiary alicyclic amines) is 1. The van der Waals surface area contributed by atoms with Crippen LogP contribution in [0.3, 0.4) is 0 Å². The molecule has 8 heteroatoms. The fourth-order valence-corrected chi connectivity index (χ4v) is 4.90. The van der Waals surface area contributed by atoms with Gasteiger partial charge in [0, 0.05) is 44.7 Å². The Morgan fingerprint density at radius 3 is 2.45 bits per heavy atom. The molecule has 0 bridgehead atoms. The molecular formula is C23H36Cl2N4O2. The zero-order valence-corrected chi connectivity index (χ0v) is 19.8. The molecule has 1 saturated carbocycles. The van der Waals surface area contributed by atoms with Crippen molar-refractivity contribution in [2.24, 2.45) is 11.7 Å². The van der Waals surface area contributed by atoms with E-state index in [1.165, 1.54) is 24.0 Å². The second-order valence-electron chi connectivity index (χ2n) is 8.93. The molecule has 3 N–H and O–H groups in total. The van der Waals surface area contributed by atoms with Crippen LogP contribution < -0.4 is 11.1 Å². The molecule has 174 valence electrons. The third-order valence-corrected chi connectivity index (χ3v) is 6.77. The summed E-state index contributed by atoms with van der Waals surface area (Å²) in [6, 6.07) is 9.13. The molecule has 1 saturated heterocycles. The van der Waals surface area contributed by atoms with Crippen molar-refractivity contribution < 1.29 is 9.59 Å². The summed E-state index contributed by atoms with van der Waals surface area (Å²) in [6.07, 6.45) is 7.34. The highest BCUT2D eigenvalue weighted by Crippen LogP contribution is 2.35. The summed E-state index contributed by atoms with van der Waals surface area (Å²) in [5.41, 5.74) is 8.11. The van der Waals surface area contributed by atoms with Crippen LogP contribution in [0.2, 0.25) is 0 Å². The van der Waals surface area contributed by atoms with Gasteiger partial charge in [-0.25, -0.2) is 0 Å². The van der Waals surface area contributed by atoms with E-state index < -0.39 is 0 Å². The van der Waals surface area contributed by atoms with E-state index in [1.807, 2.05) is 0 Å². The number of rotatable bonds is 7. The van der Waals surface area contributed by atoms with Crippen molar-refractivity contribution in [3.8, 4) is 0 Å². The van der Waals surface area contributed by atoms with Crippen molar-refractivity contribution in [1.29, 1.82) is 0 Å². The highest BCUT2D eigenvalue weighted by atomic mass is 35.5. The van der Waals surface area contributed by atoms with Crippen molar-refractivity contribution in [3.05, 3.63) is 35.4 Å². The molecule has 0 spiro atoms. The van der Waals surface area contributed by atoms with Crippen molar-refractivity contribution in [1.82, 2.24) is 15.1 Å². The Hall–Kier alpha value is -1.34. The molecule has 1 aromatic rings. The number of nitrogens with two attached hydrogens (primary N) is 1. The summed E-state index contributed by atoms with van der Waals surface area (Å²) in [6.45, 7) is 3.32. The van der Waals surface area contributed by atoms with Gasteiger partial charge in [-0.1, -0.05) is 24.3 Å². The van der Waals surface area contributed by atoms with Gasteiger partial charge < -0.3 is 16.0 Å². The zero-order chi connectivity index (χ0) is 20.2. The number of nitrogens with one attached hydrogen (secondary N) is 1. The Labute approximate surface area is 198 Å². The van der Waals surface area contributed by atoms with Gasteiger partial charge in [0.15, 0.2) is 0 Å². The maximum absolute atomic E-state index is 13.2. The summed E-state index contributed by atoms with van der Waals surface area (Å²) < 4.78 is 0. The lowest BCUT2D eigenvalue weighted by Gasteiger charge is -2.31. The molecule has 0 radical (unpaired) electrons. The highest BCUT2D eigenvalue weighted by Gasteiger charge is 2.38. The molecule has 31 heavy (non-hydrogen) atoms. The fourth-order valence-electron chi connectivity index (χ4n) is 4.90. The quantitative estimate of drug-likeness (QED) is 0.641. The minimum atomic E-state index is -0.0980. The van der Waals surface area contributed by atoms with Crippen molar-refractivity contribution in [2.45, 2.75) is 63.6 Å². The number of hydrogen-bond donors (Lipinski definition) is 2. The highest BCUT2D eigenvalue weighted by molar-refractivity contribution is 5.85. The second-order valence-corrected chi connectivity index (χ2v) is 8.93. The van der Waals surface area contributed by atoms with Crippen LogP contribution in [0.1, 0.15) is 49.7 Å². The zero-order valence-electron chi connectivity index (χ0n) is 18.1. The first kappa shape index (κ1) is 25.9. The third-order valence-electron chi connectivity index (χ3n) is 6.77. The summed E-state index contributed by atoms with van der Waals surface area (Å²) in [4.78, 5) is 29.4. The molecule has 2 fully saturated rings. The normalized spacial score (nSPS) is 23.2. The topological polar surface area (TPSA) is 78.7 Å². The number of carbonyl (C=O) groups excluding carboxylic acids is 2. The number of benzene rings is 1. The van der Waals surface area contributed by atoms with Gasteiger partial charge in [-0.15, -0.1) is 24.8 Å². The Morgan fingerprint density at radius 2 is 1.74 bits per heavy atom. The molecule has 2 amide bonds. The number of carbonyl (C=O) groups is 2. The molecule has 1 aliphatic carbocycles. The average Bonchev–Trinajstić information content (AvgIpc) is 3.51. The Balaban J connectivity index is 0.00000171. The summed E-state index contributed by atoms with van der Waals surface area (Å²) in [5, 5.41) is 2.95. The standard InChI is InChI=1S/C23H34N4O2.2ClH/c24-13-22(28)25-14-21-10-9-20(27(21)15-17-7-8-17)12-23(29)26-11-3-6-18-4-1-2-5-19(18)16-26;;/h1-2,4-5,17,20-21H,3,6-16,24H2,(H,25,28);2*1H/t20-,21+;;/m1../s1. The number of aryl methyl sites for hydroxylation is 1. The summed E-state index contributed by atoms with van der Waals surface area (Å²) in [7, 11) is 0. The van der Waals surface area contributed by atoms with Crippen LogP contribution in [0, 0.1) is 5.92 Å². The van der Waals surface area contributed by atoms with Gasteiger partial charge in [0.1, 0.15) is 0 Å². The third kappa shape index (κ3) is 6.82. The van der Waals surface area contributed by atoms with Crippen LogP contribution in [-0.4, -0.2) is 59.9 Å². The van der Waals surface area contributed by atoms with E-state index in [4.69, 9.17) is 5.73 Å². The van der Waals surface area contributed by atoms with E-state index in [9.17, 15) is 9.59 Å². The lowest BCUT2D eigenvalue weighted by molar-refractivity contribution is -0.133. The Bertz CT molecular complexity index is 744. The first-order valence-electron chi connectivity index (χ1n) is 11.2. The molecular weight excluding hydrogens is 435 g/mol. The van der Waals surface area contributed by atoms with E-state index in [2.05, 4.69) is 39.4 Å². The molecule has 6 nitrogen and oxygen atoms in total. The SMILES string of the molecule is Cl.Cl.NCC(=O)NC[C@@H]1CC[C@H](CC(=O)N2CCCc3ccccc3C2)N1CC1CC1. The van der Waals surface area contributed by atoms with Gasteiger partial charge in [0.05, 0.1) is 6.54 Å². The minimum absolute atomic E-state index is 0. The molecule has 2 heterocycles. The van der Waals surface area contributed by atoms with Crippen LogP contribution >= 0.6 is 24.8 Å². The molecule has 4 rings (SSSR count). The molecule has 2 atom stereocenters. The van der Waals surface area contributed by atoms with Crippen LogP contribution in [0.25, 0.3) is 0 Å². The van der Waals surface area contributed by atoms with E-state index in [0.29, 0.717) is 25.0 Å². The van der Waals surface area contributed by atoms with Gasteiger partial charge in [-0.2, -0.15) is 0 Å². The first-order chi connectivity index (χ1) is 14.1. The van der Waals surface area contributed by atoms with Gasteiger partial charge in [0.2, 0.25) is 11.8 Å².